The monoisotopic (exact) mass is 735 g/mol. The van der Waals surface area contributed by atoms with Crippen molar-refractivity contribution in [2.45, 2.75) is 131 Å². The summed E-state index contributed by atoms with van der Waals surface area (Å²) in [6.45, 7) is 25.2. The molecule has 2 aliphatic carbocycles. The number of benzene rings is 4. The predicted octanol–water partition coefficient (Wildman–Crippen LogP) is 14.5. The van der Waals surface area contributed by atoms with E-state index in [1.165, 1.54) is 29.5 Å². The van der Waals surface area contributed by atoms with Gasteiger partial charge < -0.3 is 9.80 Å². The SMILES string of the molecule is [2H]C([2H])([2H])c1cc(N(c2ccc(C(C)(C)C)cc2)c2ccc(C(C)(C)C)cc2)cc(N(c2ccc(C(C)(C)C)cc2Br)C2C3(C)CCC(C3)C2(C)C)c1. The summed E-state index contributed by atoms with van der Waals surface area (Å²) in [5, 5.41) is 0. The molecule has 50 heavy (non-hydrogen) atoms. The fourth-order valence-electron chi connectivity index (χ4n) is 9.05. The lowest BCUT2D eigenvalue weighted by Gasteiger charge is -2.50. The van der Waals surface area contributed by atoms with E-state index < -0.39 is 6.85 Å². The topological polar surface area (TPSA) is 6.48 Å². The van der Waals surface area contributed by atoms with Crippen LogP contribution in [-0.4, -0.2) is 6.04 Å². The number of hydrogen-bond donors (Lipinski definition) is 0. The molecule has 3 atom stereocenters. The first-order valence-electron chi connectivity index (χ1n) is 20.1. The van der Waals surface area contributed by atoms with Gasteiger partial charge in [-0.25, -0.2) is 0 Å². The maximum absolute atomic E-state index is 8.79. The van der Waals surface area contributed by atoms with Crippen LogP contribution in [0.4, 0.5) is 28.4 Å². The molecule has 0 N–H and O–H groups in total. The van der Waals surface area contributed by atoms with Crippen LogP contribution in [0.5, 0.6) is 0 Å². The van der Waals surface area contributed by atoms with Crippen LogP contribution in [0.1, 0.15) is 129 Å². The quantitative estimate of drug-likeness (QED) is 0.194. The molecule has 2 saturated carbocycles. The normalized spacial score (nSPS) is 22.9. The lowest BCUT2D eigenvalue weighted by atomic mass is 9.67. The second kappa shape index (κ2) is 12.6. The van der Waals surface area contributed by atoms with Crippen molar-refractivity contribution in [2.75, 3.05) is 9.80 Å². The Labute approximate surface area is 317 Å². The number of aryl methyl sites for hydroxylation is 1. The molecule has 2 nitrogen and oxygen atoms in total. The molecule has 2 bridgehead atoms. The Bertz CT molecular complexity index is 1890. The molecule has 2 aliphatic rings. The van der Waals surface area contributed by atoms with E-state index in [1.54, 1.807) is 0 Å². The van der Waals surface area contributed by atoms with E-state index in [-0.39, 0.29) is 33.1 Å². The summed E-state index contributed by atoms with van der Waals surface area (Å²) in [7, 11) is 0. The second-order valence-corrected chi connectivity index (χ2v) is 20.1. The van der Waals surface area contributed by atoms with Crippen LogP contribution in [-0.2, 0) is 16.2 Å². The van der Waals surface area contributed by atoms with Gasteiger partial charge in [-0.05, 0) is 152 Å². The van der Waals surface area contributed by atoms with Crippen LogP contribution < -0.4 is 9.80 Å². The van der Waals surface area contributed by atoms with Gasteiger partial charge in [0.15, 0.2) is 0 Å². The van der Waals surface area contributed by atoms with E-state index >= 15 is 0 Å². The third kappa shape index (κ3) is 6.81. The Morgan fingerprint density at radius 3 is 1.58 bits per heavy atom. The van der Waals surface area contributed by atoms with Gasteiger partial charge in [-0.3, -0.25) is 0 Å². The number of rotatable bonds is 6. The van der Waals surface area contributed by atoms with Gasteiger partial charge in [0.1, 0.15) is 0 Å². The van der Waals surface area contributed by atoms with Crippen molar-refractivity contribution >= 4 is 44.4 Å². The van der Waals surface area contributed by atoms with Crippen molar-refractivity contribution in [3.8, 4) is 0 Å². The zero-order valence-corrected chi connectivity index (χ0v) is 34.2. The average Bonchev–Trinajstić information content (AvgIpc) is 3.53. The largest absolute Gasteiger partial charge is 0.336 e. The first-order chi connectivity index (χ1) is 24.3. The van der Waals surface area contributed by atoms with Crippen LogP contribution >= 0.6 is 15.9 Å². The van der Waals surface area contributed by atoms with Gasteiger partial charge in [0.25, 0.3) is 0 Å². The predicted molar refractivity (Wildman–Crippen MR) is 221 cm³/mol. The maximum atomic E-state index is 8.79. The van der Waals surface area contributed by atoms with Crippen LogP contribution in [0.3, 0.4) is 0 Å². The van der Waals surface area contributed by atoms with Crippen molar-refractivity contribution < 1.29 is 4.11 Å². The lowest BCUT2D eigenvalue weighted by molar-refractivity contribution is 0.140. The summed E-state index contributed by atoms with van der Waals surface area (Å²) < 4.78 is 27.4. The number of hydrogen-bond acceptors (Lipinski definition) is 2. The highest BCUT2D eigenvalue weighted by Crippen LogP contribution is 2.66. The third-order valence-electron chi connectivity index (χ3n) is 11.9. The minimum atomic E-state index is -2.31. The molecule has 3 heteroatoms. The van der Waals surface area contributed by atoms with Gasteiger partial charge in [-0.1, -0.05) is 113 Å². The van der Waals surface area contributed by atoms with Crippen LogP contribution in [0.15, 0.2) is 89.4 Å². The van der Waals surface area contributed by atoms with Gasteiger partial charge in [0.2, 0.25) is 0 Å². The van der Waals surface area contributed by atoms with E-state index in [0.29, 0.717) is 11.5 Å². The van der Waals surface area contributed by atoms with Crippen LogP contribution in [0.2, 0.25) is 0 Å². The zero-order chi connectivity index (χ0) is 39.1. The second-order valence-electron chi connectivity index (χ2n) is 19.3. The van der Waals surface area contributed by atoms with E-state index in [9.17, 15) is 0 Å². The van der Waals surface area contributed by atoms with E-state index in [1.807, 2.05) is 12.1 Å². The fraction of sp³-hybridized carbons (Fsp3) is 0.489. The molecule has 0 aromatic heterocycles. The van der Waals surface area contributed by atoms with Gasteiger partial charge >= 0.3 is 0 Å². The summed E-state index contributed by atoms with van der Waals surface area (Å²) in [4.78, 5) is 4.75. The number of halogens is 1. The first-order valence-corrected chi connectivity index (χ1v) is 19.4. The molecule has 0 heterocycles. The summed E-state index contributed by atoms with van der Waals surface area (Å²) in [6, 6.07) is 30.5. The van der Waals surface area contributed by atoms with E-state index in [4.69, 9.17) is 4.11 Å². The highest BCUT2D eigenvalue weighted by Gasteiger charge is 2.61. The van der Waals surface area contributed by atoms with Gasteiger partial charge in [0, 0.05) is 37.4 Å². The molecule has 4 aromatic rings. The van der Waals surface area contributed by atoms with E-state index in [2.05, 4.69) is 182 Å². The Kier molecular flexibility index (Phi) is 8.26. The summed E-state index contributed by atoms with van der Waals surface area (Å²) in [5.41, 5.74) is 8.99. The fourth-order valence-corrected chi connectivity index (χ4v) is 9.62. The average molecular weight is 737 g/mol. The summed E-state index contributed by atoms with van der Waals surface area (Å²) >= 11 is 4.05. The highest BCUT2D eigenvalue weighted by molar-refractivity contribution is 9.10. The lowest BCUT2D eigenvalue weighted by Crippen LogP contribution is -2.51. The number of fused-ring (bicyclic) bond motifs is 2. The van der Waals surface area contributed by atoms with Crippen LogP contribution in [0, 0.1) is 23.6 Å². The van der Waals surface area contributed by atoms with E-state index in [0.717, 1.165) is 39.3 Å². The molecule has 266 valence electrons. The van der Waals surface area contributed by atoms with Crippen molar-refractivity contribution in [1.82, 2.24) is 0 Å². The minimum absolute atomic E-state index is 0.00602. The van der Waals surface area contributed by atoms with Crippen molar-refractivity contribution in [3.05, 3.63) is 112 Å². The molecule has 3 unspecified atom stereocenters. The third-order valence-corrected chi connectivity index (χ3v) is 12.6. The van der Waals surface area contributed by atoms with Crippen molar-refractivity contribution in [1.29, 1.82) is 0 Å². The molecule has 0 saturated heterocycles. The van der Waals surface area contributed by atoms with Gasteiger partial charge in [-0.2, -0.15) is 0 Å². The van der Waals surface area contributed by atoms with Crippen molar-refractivity contribution in [2.24, 2.45) is 16.7 Å². The highest BCUT2D eigenvalue weighted by atomic mass is 79.9. The first kappa shape index (κ1) is 32.8. The molecule has 0 aliphatic heterocycles. The van der Waals surface area contributed by atoms with Crippen molar-refractivity contribution in [3.63, 3.8) is 0 Å². The smallest absolute Gasteiger partial charge is 0.0558 e. The standard InChI is InChI=1S/C47H61BrN2/c1-31-26-38(49(36-19-14-32(15-20-36)43(2,3)4)37-21-16-33(17-22-37)44(5,6)7)29-39(27-31)50(41-23-18-34(28-40(41)48)45(8,9)10)42-46(11,12)35-24-25-47(42,13)30-35/h14-23,26-29,35,42H,24-25,30H2,1-13H3/i1D3. The Morgan fingerprint density at radius 2 is 1.14 bits per heavy atom. The summed E-state index contributed by atoms with van der Waals surface area (Å²) in [6.07, 6.45) is 3.58. The molecular formula is C47H61BrN2. The molecule has 0 amide bonds. The Balaban J connectivity index is 1.63. The molecule has 4 aromatic carbocycles. The zero-order valence-electron chi connectivity index (χ0n) is 35.6. The molecular weight excluding hydrogens is 672 g/mol. The molecule has 6 rings (SSSR count). The summed E-state index contributed by atoms with van der Waals surface area (Å²) in [5.74, 6) is 0.608. The number of anilines is 5. The van der Waals surface area contributed by atoms with Gasteiger partial charge in [-0.15, -0.1) is 0 Å². The van der Waals surface area contributed by atoms with Crippen LogP contribution in [0.25, 0.3) is 0 Å². The number of nitrogens with zero attached hydrogens (tertiary/aromatic N) is 2. The molecule has 0 radical (unpaired) electrons. The maximum Gasteiger partial charge on any atom is 0.0558 e. The Morgan fingerprint density at radius 1 is 0.640 bits per heavy atom. The minimum Gasteiger partial charge on any atom is -0.336 e. The van der Waals surface area contributed by atoms with Gasteiger partial charge in [0.05, 0.1) is 5.69 Å². The molecule has 0 spiro atoms. The Hall–Kier alpha value is -3.04. The molecule has 2 fully saturated rings.